The van der Waals surface area contributed by atoms with Crippen molar-refractivity contribution in [1.82, 2.24) is 5.32 Å². The van der Waals surface area contributed by atoms with Gasteiger partial charge in [0.1, 0.15) is 0 Å². The van der Waals surface area contributed by atoms with Gasteiger partial charge < -0.3 is 11.1 Å². The Balaban J connectivity index is 2.07. The van der Waals surface area contributed by atoms with E-state index in [0.29, 0.717) is 5.11 Å². The molecule has 3 N–H and O–H groups in total. The Morgan fingerprint density at radius 1 is 1.64 bits per heavy atom. The molecule has 0 aromatic carbocycles. The maximum Gasteiger partial charge on any atom is 0.163 e. The summed E-state index contributed by atoms with van der Waals surface area (Å²) in [5.41, 5.74) is 5.30. The average Bonchev–Trinajstić information content (AvgIpc) is 2.50. The maximum absolute atomic E-state index is 5.30. The Kier molecular flexibility index (Phi) is 5.29. The van der Waals surface area contributed by atoms with Gasteiger partial charge >= 0.3 is 0 Å². The molecule has 0 unspecified atom stereocenters. The van der Waals surface area contributed by atoms with E-state index in [-0.39, 0.29) is 0 Å². The standard InChI is InChI=1S/C9H14N2S3/c1-7-2-3-8(14-7)6-13-5-4-11-9(10)12/h2-3H,4-6H2,1H3,(H3,10,11,12). The number of nitrogens with one attached hydrogen (secondary N) is 1. The van der Waals surface area contributed by atoms with Crippen LogP contribution in [0.4, 0.5) is 0 Å². The highest BCUT2D eigenvalue weighted by Gasteiger charge is 1.96. The first kappa shape index (κ1) is 11.8. The normalized spacial score (nSPS) is 10.1. The molecule has 0 saturated heterocycles. The lowest BCUT2D eigenvalue weighted by molar-refractivity contribution is 0.983. The predicted molar refractivity (Wildman–Crippen MR) is 70.0 cm³/mol. The highest BCUT2D eigenvalue weighted by atomic mass is 32.2. The van der Waals surface area contributed by atoms with Crippen LogP contribution in [0, 0.1) is 6.92 Å². The smallest absolute Gasteiger partial charge is 0.163 e. The number of hydrogen-bond acceptors (Lipinski definition) is 3. The van der Waals surface area contributed by atoms with Crippen LogP contribution in [0.15, 0.2) is 12.1 Å². The molecule has 0 atom stereocenters. The van der Waals surface area contributed by atoms with Gasteiger partial charge in [0, 0.05) is 27.8 Å². The molecule has 0 aliphatic rings. The first-order valence-electron chi connectivity index (χ1n) is 4.35. The molecule has 1 aromatic rings. The van der Waals surface area contributed by atoms with E-state index >= 15 is 0 Å². The topological polar surface area (TPSA) is 38.0 Å². The van der Waals surface area contributed by atoms with Crippen molar-refractivity contribution in [3.63, 3.8) is 0 Å². The molecule has 0 bridgehead atoms. The van der Waals surface area contributed by atoms with Crippen molar-refractivity contribution < 1.29 is 0 Å². The highest BCUT2D eigenvalue weighted by molar-refractivity contribution is 7.98. The van der Waals surface area contributed by atoms with Crippen molar-refractivity contribution in [3.8, 4) is 0 Å². The molecule has 2 nitrogen and oxygen atoms in total. The minimum Gasteiger partial charge on any atom is -0.376 e. The van der Waals surface area contributed by atoms with Crippen LogP contribution in [0.1, 0.15) is 9.75 Å². The largest absolute Gasteiger partial charge is 0.376 e. The Labute approximate surface area is 98.3 Å². The van der Waals surface area contributed by atoms with Gasteiger partial charge in [-0.2, -0.15) is 11.8 Å². The summed E-state index contributed by atoms with van der Waals surface area (Å²) in [5.74, 6) is 2.12. The lowest BCUT2D eigenvalue weighted by Crippen LogP contribution is -2.30. The lowest BCUT2D eigenvalue weighted by Gasteiger charge is -2.02. The Morgan fingerprint density at radius 3 is 3.00 bits per heavy atom. The minimum absolute atomic E-state index is 0.387. The summed E-state index contributed by atoms with van der Waals surface area (Å²) in [5, 5.41) is 3.32. The van der Waals surface area contributed by atoms with Gasteiger partial charge in [0.25, 0.3) is 0 Å². The summed E-state index contributed by atoms with van der Waals surface area (Å²) in [6, 6.07) is 4.35. The minimum atomic E-state index is 0.387. The Morgan fingerprint density at radius 2 is 2.43 bits per heavy atom. The number of thiocarbonyl (C=S) groups is 1. The zero-order valence-electron chi connectivity index (χ0n) is 8.08. The van der Waals surface area contributed by atoms with Crippen LogP contribution in [0.5, 0.6) is 0 Å². The van der Waals surface area contributed by atoms with Crippen molar-refractivity contribution in [2.75, 3.05) is 12.3 Å². The number of aryl methyl sites for hydroxylation is 1. The third kappa shape index (κ3) is 4.83. The van der Waals surface area contributed by atoms with Crippen LogP contribution < -0.4 is 11.1 Å². The SMILES string of the molecule is Cc1ccc(CSCCNC(N)=S)s1. The third-order valence-corrected chi connectivity index (χ3v) is 3.92. The number of rotatable bonds is 5. The van der Waals surface area contributed by atoms with E-state index in [1.807, 2.05) is 23.1 Å². The van der Waals surface area contributed by atoms with Gasteiger partial charge in [0.2, 0.25) is 0 Å². The van der Waals surface area contributed by atoms with E-state index in [1.54, 1.807) is 0 Å². The van der Waals surface area contributed by atoms with Crippen LogP contribution in [0.2, 0.25) is 0 Å². The summed E-state index contributed by atoms with van der Waals surface area (Å²) < 4.78 is 0. The third-order valence-electron chi connectivity index (χ3n) is 1.59. The van der Waals surface area contributed by atoms with Gasteiger partial charge in [-0.25, -0.2) is 0 Å². The summed E-state index contributed by atoms with van der Waals surface area (Å²) in [6.07, 6.45) is 0. The first-order valence-corrected chi connectivity index (χ1v) is 6.73. The molecule has 0 spiro atoms. The lowest BCUT2D eigenvalue weighted by atomic mass is 10.5. The van der Waals surface area contributed by atoms with Gasteiger partial charge in [-0.3, -0.25) is 0 Å². The van der Waals surface area contributed by atoms with Gasteiger partial charge in [-0.15, -0.1) is 11.3 Å². The fraction of sp³-hybridized carbons (Fsp3) is 0.444. The fourth-order valence-corrected chi connectivity index (χ4v) is 2.94. The molecule has 0 saturated carbocycles. The van der Waals surface area contributed by atoms with Gasteiger partial charge in [0.15, 0.2) is 5.11 Å². The van der Waals surface area contributed by atoms with E-state index in [1.165, 1.54) is 9.75 Å². The molecule has 0 radical (unpaired) electrons. The molecule has 0 aliphatic carbocycles. The second-order valence-electron chi connectivity index (χ2n) is 2.86. The average molecular weight is 246 g/mol. The number of nitrogens with two attached hydrogens (primary N) is 1. The van der Waals surface area contributed by atoms with Crippen molar-refractivity contribution in [1.29, 1.82) is 0 Å². The zero-order valence-corrected chi connectivity index (χ0v) is 10.5. The molecular formula is C9H14N2S3. The maximum atomic E-state index is 5.30. The molecule has 78 valence electrons. The molecule has 5 heteroatoms. The first-order chi connectivity index (χ1) is 6.68. The zero-order chi connectivity index (χ0) is 10.4. The Bertz CT molecular complexity index is 296. The molecule has 1 rings (SSSR count). The van der Waals surface area contributed by atoms with E-state index in [2.05, 4.69) is 24.4 Å². The molecular weight excluding hydrogens is 232 g/mol. The van der Waals surface area contributed by atoms with Crippen LogP contribution >= 0.6 is 35.3 Å². The highest BCUT2D eigenvalue weighted by Crippen LogP contribution is 2.20. The van der Waals surface area contributed by atoms with Gasteiger partial charge in [0.05, 0.1) is 0 Å². The van der Waals surface area contributed by atoms with Gasteiger partial charge in [-0.1, -0.05) is 0 Å². The number of hydrogen-bond donors (Lipinski definition) is 2. The van der Waals surface area contributed by atoms with Crippen molar-refractivity contribution in [2.24, 2.45) is 5.73 Å². The number of thiophene rings is 1. The van der Waals surface area contributed by atoms with Crippen LogP contribution in [-0.4, -0.2) is 17.4 Å². The van der Waals surface area contributed by atoms with Crippen LogP contribution in [0.25, 0.3) is 0 Å². The van der Waals surface area contributed by atoms with E-state index in [0.717, 1.165) is 18.1 Å². The summed E-state index contributed by atoms with van der Waals surface area (Å²) in [4.78, 5) is 2.81. The molecule has 0 aliphatic heterocycles. The molecule has 1 heterocycles. The molecule has 1 aromatic heterocycles. The second-order valence-corrected chi connectivity index (χ2v) is 5.77. The second kappa shape index (κ2) is 6.27. The number of thioether (sulfide) groups is 1. The summed E-state index contributed by atoms with van der Waals surface area (Å²) in [7, 11) is 0. The molecule has 14 heavy (non-hydrogen) atoms. The summed E-state index contributed by atoms with van der Waals surface area (Å²) >= 11 is 8.46. The molecule has 0 amide bonds. The van der Waals surface area contributed by atoms with Crippen molar-refractivity contribution in [2.45, 2.75) is 12.7 Å². The monoisotopic (exact) mass is 246 g/mol. The van der Waals surface area contributed by atoms with E-state index < -0.39 is 0 Å². The van der Waals surface area contributed by atoms with Gasteiger partial charge in [-0.05, 0) is 31.3 Å². The molecule has 0 fully saturated rings. The van der Waals surface area contributed by atoms with Crippen molar-refractivity contribution in [3.05, 3.63) is 21.9 Å². The van der Waals surface area contributed by atoms with E-state index in [9.17, 15) is 0 Å². The quantitative estimate of drug-likeness (QED) is 0.616. The fourth-order valence-electron chi connectivity index (χ4n) is 0.982. The van der Waals surface area contributed by atoms with Crippen LogP contribution in [-0.2, 0) is 5.75 Å². The predicted octanol–water partition coefficient (Wildman–Crippen LogP) is 2.12. The van der Waals surface area contributed by atoms with E-state index in [4.69, 9.17) is 18.0 Å². The summed E-state index contributed by atoms with van der Waals surface area (Å²) in [6.45, 7) is 2.98. The van der Waals surface area contributed by atoms with Crippen LogP contribution in [0.3, 0.4) is 0 Å². The Hall–Kier alpha value is -0.260. The van der Waals surface area contributed by atoms with Crippen molar-refractivity contribution >= 4 is 40.4 Å².